The summed E-state index contributed by atoms with van der Waals surface area (Å²) in [7, 11) is 0. The summed E-state index contributed by atoms with van der Waals surface area (Å²) in [5, 5.41) is 5.69. The highest BCUT2D eigenvalue weighted by Gasteiger charge is 2.40. The smallest absolute Gasteiger partial charge is 0.242 e. The third-order valence-corrected chi connectivity index (χ3v) is 9.25. The van der Waals surface area contributed by atoms with E-state index in [1.807, 2.05) is 59.0 Å². The first-order chi connectivity index (χ1) is 19.1. The van der Waals surface area contributed by atoms with Crippen LogP contribution in [0, 0.1) is 6.92 Å². The normalized spacial score (nSPS) is 18.6. The summed E-state index contributed by atoms with van der Waals surface area (Å²) < 4.78 is 1.90. The average molecular weight is 580 g/mol. The van der Waals surface area contributed by atoms with Gasteiger partial charge in [0.15, 0.2) is 0 Å². The molecule has 2 aliphatic rings. The van der Waals surface area contributed by atoms with Crippen LogP contribution in [0.2, 0.25) is 5.02 Å². The molecule has 0 bridgehead atoms. The van der Waals surface area contributed by atoms with Crippen LogP contribution in [0.5, 0.6) is 0 Å². The highest BCUT2D eigenvalue weighted by atomic mass is 35.5. The van der Waals surface area contributed by atoms with E-state index in [9.17, 15) is 9.59 Å². The number of nitrogens with zero attached hydrogens (tertiary/aromatic N) is 5. The predicted octanol–water partition coefficient (Wildman–Crippen LogP) is 5.46. The number of hydrogen-bond donors (Lipinski definition) is 0. The van der Waals surface area contributed by atoms with Crippen molar-refractivity contribution in [2.75, 3.05) is 49.9 Å². The number of para-hydroxylation sites is 1. The van der Waals surface area contributed by atoms with Crippen LogP contribution >= 0.6 is 23.4 Å². The van der Waals surface area contributed by atoms with Crippen molar-refractivity contribution in [1.82, 2.24) is 19.6 Å². The quantitative estimate of drug-likeness (QED) is 0.401. The van der Waals surface area contributed by atoms with Crippen LogP contribution in [0.1, 0.15) is 55.3 Å². The monoisotopic (exact) mass is 579 g/mol. The molecule has 0 spiro atoms. The van der Waals surface area contributed by atoms with Gasteiger partial charge in [-0.3, -0.25) is 14.5 Å². The first-order valence-electron chi connectivity index (χ1n) is 14.0. The number of thioether (sulfide) groups is 1. The van der Waals surface area contributed by atoms with E-state index in [0.29, 0.717) is 23.9 Å². The average Bonchev–Trinajstić information content (AvgIpc) is 3.26. The number of hydrogen-bond acceptors (Lipinski definition) is 5. The Labute approximate surface area is 246 Å². The van der Waals surface area contributed by atoms with Crippen LogP contribution in [-0.4, -0.2) is 76.4 Å². The molecule has 212 valence electrons. The SMILES string of the molecule is CCN1CCN(C(=O)CN2C(=O)CSC(c3cccc(Cl)c3)c3c(C(C)(C)C)nn(-c4ccccc4C)c32)CC1. The minimum Gasteiger partial charge on any atom is -0.339 e. The summed E-state index contributed by atoms with van der Waals surface area (Å²) >= 11 is 8.03. The Bertz CT molecular complexity index is 1410. The Morgan fingerprint density at radius 3 is 2.45 bits per heavy atom. The third-order valence-electron chi connectivity index (χ3n) is 7.76. The molecule has 5 rings (SSSR count). The number of amides is 2. The van der Waals surface area contributed by atoms with Gasteiger partial charge in [-0.2, -0.15) is 5.10 Å². The number of fused-ring (bicyclic) bond motifs is 1. The fraction of sp³-hybridized carbons (Fsp3) is 0.452. The summed E-state index contributed by atoms with van der Waals surface area (Å²) in [6.07, 6.45) is 0. The van der Waals surface area contributed by atoms with Crippen LogP contribution in [0.3, 0.4) is 0 Å². The van der Waals surface area contributed by atoms with Gasteiger partial charge in [0.05, 0.1) is 22.4 Å². The zero-order valence-electron chi connectivity index (χ0n) is 24.0. The molecule has 1 unspecified atom stereocenters. The highest BCUT2D eigenvalue weighted by molar-refractivity contribution is 8.00. The van der Waals surface area contributed by atoms with E-state index in [1.165, 1.54) is 0 Å². The molecule has 1 atom stereocenters. The lowest BCUT2D eigenvalue weighted by atomic mass is 9.87. The number of aryl methyl sites for hydroxylation is 1. The van der Waals surface area contributed by atoms with Crippen LogP contribution in [0.15, 0.2) is 48.5 Å². The second kappa shape index (κ2) is 11.6. The van der Waals surface area contributed by atoms with Gasteiger partial charge >= 0.3 is 0 Å². The number of rotatable bonds is 5. The van der Waals surface area contributed by atoms with Crippen LogP contribution in [0.4, 0.5) is 5.82 Å². The van der Waals surface area contributed by atoms with E-state index in [0.717, 1.165) is 47.7 Å². The number of piperazine rings is 1. The Balaban J connectivity index is 1.68. The number of likely N-dealkylation sites (N-methyl/N-ethyl adjacent to an activating group) is 1. The Kier molecular flexibility index (Phi) is 8.32. The number of aromatic nitrogens is 2. The molecule has 0 saturated carbocycles. The molecule has 1 saturated heterocycles. The van der Waals surface area contributed by atoms with Gasteiger partial charge in [-0.25, -0.2) is 4.68 Å². The first kappa shape index (κ1) is 28.7. The van der Waals surface area contributed by atoms with Gasteiger partial charge in [-0.15, -0.1) is 11.8 Å². The van der Waals surface area contributed by atoms with E-state index in [-0.39, 0.29) is 34.8 Å². The maximum atomic E-state index is 13.9. The maximum absolute atomic E-state index is 13.9. The van der Waals surface area contributed by atoms with Gasteiger partial charge in [0, 0.05) is 42.2 Å². The minimum atomic E-state index is -0.311. The van der Waals surface area contributed by atoms with Crippen molar-refractivity contribution in [3.8, 4) is 5.69 Å². The largest absolute Gasteiger partial charge is 0.339 e. The molecule has 1 aromatic heterocycles. The zero-order valence-corrected chi connectivity index (χ0v) is 25.6. The molecule has 2 aromatic carbocycles. The van der Waals surface area contributed by atoms with Gasteiger partial charge in [0.1, 0.15) is 12.4 Å². The molecule has 3 heterocycles. The van der Waals surface area contributed by atoms with E-state index in [2.05, 4.69) is 38.7 Å². The Hall–Kier alpha value is -2.81. The van der Waals surface area contributed by atoms with Crippen LogP contribution < -0.4 is 4.90 Å². The molecule has 2 aliphatic heterocycles. The number of halogens is 1. The fourth-order valence-corrected chi connectivity index (χ4v) is 6.91. The lowest BCUT2D eigenvalue weighted by Gasteiger charge is -2.35. The van der Waals surface area contributed by atoms with Crippen molar-refractivity contribution in [2.24, 2.45) is 0 Å². The molecular formula is C31H38ClN5O2S. The van der Waals surface area contributed by atoms with E-state index in [4.69, 9.17) is 16.7 Å². The van der Waals surface area contributed by atoms with Crippen molar-refractivity contribution in [3.05, 3.63) is 75.9 Å². The number of anilines is 1. The van der Waals surface area contributed by atoms with Gasteiger partial charge < -0.3 is 9.80 Å². The Morgan fingerprint density at radius 2 is 1.80 bits per heavy atom. The molecule has 1 fully saturated rings. The second-order valence-electron chi connectivity index (χ2n) is 11.6. The summed E-state index contributed by atoms with van der Waals surface area (Å²) in [5.74, 6) is 0.808. The second-order valence-corrected chi connectivity index (χ2v) is 13.1. The first-order valence-corrected chi connectivity index (χ1v) is 15.4. The Morgan fingerprint density at radius 1 is 1.07 bits per heavy atom. The van der Waals surface area contributed by atoms with Crippen molar-refractivity contribution in [2.45, 2.75) is 45.3 Å². The molecule has 9 heteroatoms. The van der Waals surface area contributed by atoms with Crippen LogP contribution in [-0.2, 0) is 15.0 Å². The summed E-state index contributed by atoms with van der Waals surface area (Å²) in [4.78, 5) is 33.6. The lowest BCUT2D eigenvalue weighted by molar-refractivity contribution is -0.132. The van der Waals surface area contributed by atoms with Crippen molar-refractivity contribution < 1.29 is 9.59 Å². The molecule has 0 aliphatic carbocycles. The fourth-order valence-electron chi connectivity index (χ4n) is 5.52. The van der Waals surface area contributed by atoms with Gasteiger partial charge in [-0.1, -0.05) is 69.6 Å². The number of carbonyl (C=O) groups excluding carboxylic acids is 2. The van der Waals surface area contributed by atoms with E-state index in [1.54, 1.807) is 16.7 Å². The molecular weight excluding hydrogens is 542 g/mol. The van der Waals surface area contributed by atoms with E-state index < -0.39 is 0 Å². The molecule has 2 amide bonds. The topological polar surface area (TPSA) is 61.7 Å². The lowest BCUT2D eigenvalue weighted by Crippen LogP contribution is -2.52. The molecule has 0 radical (unpaired) electrons. The van der Waals surface area contributed by atoms with Crippen molar-refractivity contribution in [1.29, 1.82) is 0 Å². The standard InChI is InChI=1S/C31H38ClN5O2S/c1-6-34-14-16-35(17-15-34)25(38)19-36-26(39)20-40-28(22-11-9-12-23(32)18-22)27-29(31(3,4)5)33-37(30(27)36)24-13-8-7-10-21(24)2/h7-13,18,28H,6,14-17,19-20H2,1-5H3. The van der Waals surface area contributed by atoms with Crippen LogP contribution in [0.25, 0.3) is 5.69 Å². The number of carbonyl (C=O) groups is 2. The molecule has 40 heavy (non-hydrogen) atoms. The maximum Gasteiger partial charge on any atom is 0.242 e. The van der Waals surface area contributed by atoms with Gasteiger partial charge in [0.25, 0.3) is 0 Å². The molecule has 0 N–H and O–H groups in total. The van der Waals surface area contributed by atoms with E-state index >= 15 is 0 Å². The van der Waals surface area contributed by atoms with Crippen molar-refractivity contribution in [3.63, 3.8) is 0 Å². The highest BCUT2D eigenvalue weighted by Crippen LogP contribution is 2.48. The molecule has 7 nitrogen and oxygen atoms in total. The minimum absolute atomic E-state index is 0.0120. The van der Waals surface area contributed by atoms with Gasteiger partial charge in [-0.05, 0) is 42.8 Å². The number of benzene rings is 2. The third kappa shape index (κ3) is 5.67. The predicted molar refractivity (Wildman–Crippen MR) is 164 cm³/mol. The molecule has 3 aromatic rings. The summed E-state index contributed by atoms with van der Waals surface area (Å²) in [5.41, 5.74) is 4.52. The van der Waals surface area contributed by atoms with Crippen molar-refractivity contribution >= 4 is 41.0 Å². The van der Waals surface area contributed by atoms with Gasteiger partial charge in [0.2, 0.25) is 11.8 Å². The zero-order chi connectivity index (χ0) is 28.6. The summed E-state index contributed by atoms with van der Waals surface area (Å²) in [6, 6.07) is 15.9. The summed E-state index contributed by atoms with van der Waals surface area (Å²) in [6.45, 7) is 14.6.